The lowest BCUT2D eigenvalue weighted by molar-refractivity contribution is 0.296. The third kappa shape index (κ3) is 0.783. The molecule has 2 fully saturated rings. The van der Waals surface area contributed by atoms with Crippen LogP contribution in [0.25, 0.3) is 0 Å². The summed E-state index contributed by atoms with van der Waals surface area (Å²) in [6.45, 7) is 7.96. The molecule has 1 saturated heterocycles. The van der Waals surface area contributed by atoms with Gasteiger partial charge in [0.25, 0.3) is 0 Å². The number of nitrogens with one attached hydrogen (secondary N) is 1. The first-order chi connectivity index (χ1) is 5.15. The zero-order valence-electron chi connectivity index (χ0n) is 7.18. The molecular formula is C8H16NOP. The van der Waals surface area contributed by atoms with Gasteiger partial charge in [0.1, 0.15) is 0 Å². The molecule has 11 heavy (non-hydrogen) atoms. The molecule has 2 rings (SSSR count). The van der Waals surface area contributed by atoms with Crippen LogP contribution in [0.15, 0.2) is 0 Å². The molecule has 1 saturated carbocycles. The minimum absolute atomic E-state index is 0.517. The Hall–Kier alpha value is 0.350. The average molecular weight is 173 g/mol. The lowest BCUT2D eigenvalue weighted by Crippen LogP contribution is -2.21. The summed E-state index contributed by atoms with van der Waals surface area (Å²) in [5.41, 5.74) is 1.03. The monoisotopic (exact) mass is 173 g/mol. The molecule has 64 valence electrons. The second-order valence-electron chi connectivity index (χ2n) is 4.32. The maximum atomic E-state index is 5.12. The summed E-state index contributed by atoms with van der Waals surface area (Å²) in [4.78, 5) is 0. The second kappa shape index (κ2) is 2.18. The Balaban J connectivity index is 2.09. The Kier molecular flexibility index (Phi) is 1.58. The highest BCUT2D eigenvalue weighted by Crippen LogP contribution is 2.70. The van der Waals surface area contributed by atoms with E-state index in [0.717, 1.165) is 12.5 Å². The van der Waals surface area contributed by atoms with Crippen molar-refractivity contribution in [1.29, 1.82) is 0 Å². The van der Waals surface area contributed by atoms with Crippen molar-refractivity contribution >= 4 is 9.47 Å². The van der Waals surface area contributed by atoms with Crippen LogP contribution >= 0.6 is 9.47 Å². The standard InChI is InChI=1S/C8H16NOP/c1-7-4-9-5-8(7,2)6(7)3-10-11/h6,9H,3-5,11H2,1-2H3. The van der Waals surface area contributed by atoms with Crippen molar-refractivity contribution < 1.29 is 4.52 Å². The van der Waals surface area contributed by atoms with Crippen molar-refractivity contribution in [2.24, 2.45) is 16.7 Å². The molecule has 0 radical (unpaired) electrons. The van der Waals surface area contributed by atoms with E-state index in [1.807, 2.05) is 0 Å². The minimum Gasteiger partial charge on any atom is -0.365 e. The van der Waals surface area contributed by atoms with Crippen LogP contribution in [0, 0.1) is 16.7 Å². The fourth-order valence-electron chi connectivity index (χ4n) is 2.77. The first-order valence-corrected chi connectivity index (χ1v) is 4.65. The molecule has 2 aliphatic rings. The maximum absolute atomic E-state index is 5.12. The molecule has 1 heterocycles. The zero-order chi connectivity index (χ0) is 8.11. The first kappa shape index (κ1) is 7.97. The van der Waals surface area contributed by atoms with Gasteiger partial charge in [-0.25, -0.2) is 0 Å². The molecule has 3 heteroatoms. The van der Waals surface area contributed by atoms with E-state index in [1.54, 1.807) is 0 Å². The van der Waals surface area contributed by atoms with E-state index in [1.165, 1.54) is 13.1 Å². The van der Waals surface area contributed by atoms with Crippen LogP contribution < -0.4 is 5.32 Å². The Morgan fingerprint density at radius 3 is 2.45 bits per heavy atom. The molecule has 3 unspecified atom stereocenters. The van der Waals surface area contributed by atoms with E-state index < -0.39 is 0 Å². The Labute approximate surface area is 70.4 Å². The summed E-state index contributed by atoms with van der Waals surface area (Å²) < 4.78 is 5.12. The van der Waals surface area contributed by atoms with Crippen LogP contribution in [0.4, 0.5) is 0 Å². The fraction of sp³-hybridized carbons (Fsp3) is 1.00. The summed E-state index contributed by atoms with van der Waals surface area (Å²) in [5.74, 6) is 0.772. The van der Waals surface area contributed by atoms with Crippen LogP contribution in [-0.2, 0) is 4.52 Å². The van der Waals surface area contributed by atoms with E-state index in [2.05, 4.69) is 28.6 Å². The number of fused-ring (bicyclic) bond motifs is 1. The van der Waals surface area contributed by atoms with E-state index in [4.69, 9.17) is 4.52 Å². The average Bonchev–Trinajstić information content (AvgIpc) is 2.29. The van der Waals surface area contributed by atoms with Crippen molar-refractivity contribution in [3.8, 4) is 0 Å². The normalized spacial score (nSPS) is 54.3. The Morgan fingerprint density at radius 2 is 2.00 bits per heavy atom. The Bertz CT molecular complexity index is 171. The molecule has 0 bridgehead atoms. The number of rotatable bonds is 2. The highest BCUT2D eigenvalue weighted by Gasteiger charge is 2.72. The predicted molar refractivity (Wildman–Crippen MR) is 48.2 cm³/mol. The van der Waals surface area contributed by atoms with Crippen molar-refractivity contribution in [2.45, 2.75) is 13.8 Å². The highest BCUT2D eigenvalue weighted by atomic mass is 31.0. The molecule has 0 aromatic rings. The van der Waals surface area contributed by atoms with Gasteiger partial charge in [0, 0.05) is 22.6 Å². The predicted octanol–water partition coefficient (Wildman–Crippen LogP) is 1.04. The molecule has 0 amide bonds. The summed E-state index contributed by atoms with van der Waals surface area (Å²) in [6.07, 6.45) is 0. The van der Waals surface area contributed by atoms with Gasteiger partial charge >= 0.3 is 0 Å². The van der Waals surface area contributed by atoms with Gasteiger partial charge in [-0.1, -0.05) is 13.8 Å². The minimum atomic E-state index is 0.517. The summed E-state index contributed by atoms with van der Waals surface area (Å²) in [7, 11) is 2.34. The van der Waals surface area contributed by atoms with Crippen molar-refractivity contribution in [3.05, 3.63) is 0 Å². The molecule has 1 aliphatic carbocycles. The Morgan fingerprint density at radius 1 is 1.45 bits per heavy atom. The molecule has 1 N–H and O–H groups in total. The molecule has 0 aromatic heterocycles. The maximum Gasteiger partial charge on any atom is 0.0542 e. The second-order valence-corrected chi connectivity index (χ2v) is 4.66. The largest absolute Gasteiger partial charge is 0.365 e. The summed E-state index contributed by atoms with van der Waals surface area (Å²) in [6, 6.07) is 0. The molecule has 1 aliphatic heterocycles. The molecule has 2 nitrogen and oxygen atoms in total. The van der Waals surface area contributed by atoms with Gasteiger partial charge in [-0.05, 0) is 16.7 Å². The first-order valence-electron chi connectivity index (χ1n) is 4.17. The SMILES string of the molecule is CC12CNCC1(C)C2COP. The fourth-order valence-corrected chi connectivity index (χ4v) is 2.96. The van der Waals surface area contributed by atoms with Gasteiger partial charge in [-0.3, -0.25) is 0 Å². The third-order valence-corrected chi connectivity index (χ3v) is 4.20. The quantitative estimate of drug-likeness (QED) is 0.630. The van der Waals surface area contributed by atoms with Crippen molar-refractivity contribution in [2.75, 3.05) is 19.7 Å². The lowest BCUT2D eigenvalue weighted by Gasteiger charge is -2.08. The van der Waals surface area contributed by atoms with Crippen LogP contribution in [0.5, 0.6) is 0 Å². The third-order valence-electron chi connectivity index (χ3n) is 4.01. The summed E-state index contributed by atoms with van der Waals surface area (Å²) >= 11 is 0. The molecule has 0 aromatic carbocycles. The van der Waals surface area contributed by atoms with Crippen molar-refractivity contribution in [1.82, 2.24) is 5.32 Å². The smallest absolute Gasteiger partial charge is 0.0542 e. The number of hydrogen-bond acceptors (Lipinski definition) is 2. The molecule has 0 spiro atoms. The van der Waals surface area contributed by atoms with E-state index >= 15 is 0 Å². The number of piperidine rings is 1. The van der Waals surface area contributed by atoms with E-state index in [9.17, 15) is 0 Å². The van der Waals surface area contributed by atoms with Gasteiger partial charge in [0.05, 0.1) is 6.61 Å². The van der Waals surface area contributed by atoms with Crippen LogP contribution in [-0.4, -0.2) is 19.7 Å². The zero-order valence-corrected chi connectivity index (χ0v) is 8.34. The lowest BCUT2D eigenvalue weighted by atomic mass is 10.0. The van der Waals surface area contributed by atoms with Crippen molar-refractivity contribution in [3.63, 3.8) is 0 Å². The van der Waals surface area contributed by atoms with Crippen LogP contribution in [0.3, 0.4) is 0 Å². The molecule has 3 atom stereocenters. The van der Waals surface area contributed by atoms with Gasteiger partial charge in [-0.2, -0.15) is 0 Å². The summed E-state index contributed by atoms with van der Waals surface area (Å²) in [5, 5.41) is 3.43. The number of hydrogen-bond donors (Lipinski definition) is 1. The van der Waals surface area contributed by atoms with Gasteiger partial charge in [0.2, 0.25) is 0 Å². The van der Waals surface area contributed by atoms with E-state index in [0.29, 0.717) is 10.8 Å². The van der Waals surface area contributed by atoms with Gasteiger partial charge in [0.15, 0.2) is 0 Å². The molecular weight excluding hydrogens is 157 g/mol. The van der Waals surface area contributed by atoms with Gasteiger partial charge < -0.3 is 9.84 Å². The van der Waals surface area contributed by atoms with Crippen LogP contribution in [0.1, 0.15) is 13.8 Å². The highest BCUT2D eigenvalue weighted by molar-refractivity contribution is 7.09. The van der Waals surface area contributed by atoms with Crippen LogP contribution in [0.2, 0.25) is 0 Å². The van der Waals surface area contributed by atoms with Gasteiger partial charge in [-0.15, -0.1) is 0 Å². The topological polar surface area (TPSA) is 21.3 Å². The van der Waals surface area contributed by atoms with E-state index in [-0.39, 0.29) is 0 Å².